The lowest BCUT2D eigenvalue weighted by Crippen LogP contribution is -2.15. The molecule has 1 aromatic carbocycles. The summed E-state index contributed by atoms with van der Waals surface area (Å²) in [4.78, 5) is 12.2. The summed E-state index contributed by atoms with van der Waals surface area (Å²) < 4.78 is 53.4. The van der Waals surface area contributed by atoms with Gasteiger partial charge in [0.25, 0.3) is 10.0 Å². The lowest BCUT2D eigenvalue weighted by Gasteiger charge is -2.13. The van der Waals surface area contributed by atoms with Gasteiger partial charge in [-0.15, -0.1) is 11.3 Å². The van der Waals surface area contributed by atoms with E-state index in [2.05, 4.69) is 4.72 Å². The molecule has 0 spiro atoms. The van der Waals surface area contributed by atoms with E-state index in [-0.39, 0.29) is 28.9 Å². The first-order valence-electron chi connectivity index (χ1n) is 7.92. The summed E-state index contributed by atoms with van der Waals surface area (Å²) in [5, 5.41) is 1.97. The van der Waals surface area contributed by atoms with Crippen molar-refractivity contribution in [3.63, 3.8) is 0 Å². The predicted octanol–water partition coefficient (Wildman–Crippen LogP) is 3.42. The van der Waals surface area contributed by atoms with Crippen LogP contribution in [0.25, 0.3) is 10.9 Å². The zero-order chi connectivity index (χ0) is 19.6. The number of esters is 1. The monoisotopic (exact) mass is 412 g/mol. The second kappa shape index (κ2) is 7.67. The highest BCUT2D eigenvalue weighted by molar-refractivity contribution is 7.94. The number of nitrogens with one attached hydrogen (secondary N) is 1. The number of hydrogen-bond donors (Lipinski definition) is 1. The van der Waals surface area contributed by atoms with Gasteiger partial charge in [0.05, 0.1) is 17.8 Å². The fourth-order valence-electron chi connectivity index (χ4n) is 2.70. The topological polar surface area (TPSA) is 86.6 Å². The molecule has 0 saturated carbocycles. The summed E-state index contributed by atoms with van der Waals surface area (Å²) in [6.45, 7) is 1.79. The lowest BCUT2D eigenvalue weighted by molar-refractivity contribution is 0.0496. The normalized spacial score (nSPS) is 11.7. The standard InChI is InChI=1S/C17H17FN2O5S2/c1-3-25-17(21)14-8-11-7-12(18)9-13(16(11)20(14)10-24-2)19-27(22,23)15-5-4-6-26-15/h4-9,19H,3,10H2,1-2H3. The Morgan fingerprint density at radius 3 is 2.74 bits per heavy atom. The van der Waals surface area contributed by atoms with Gasteiger partial charge in [0, 0.05) is 18.6 Å². The van der Waals surface area contributed by atoms with Crippen molar-refractivity contribution in [3.8, 4) is 0 Å². The molecule has 0 amide bonds. The van der Waals surface area contributed by atoms with Crippen LogP contribution >= 0.6 is 11.3 Å². The maximum atomic E-state index is 14.1. The Hall–Kier alpha value is -2.43. The number of benzene rings is 1. The second-order valence-corrected chi connectivity index (χ2v) is 8.38. The molecule has 7 nitrogen and oxygen atoms in total. The van der Waals surface area contributed by atoms with Gasteiger partial charge in [0.2, 0.25) is 0 Å². The van der Waals surface area contributed by atoms with E-state index in [9.17, 15) is 17.6 Å². The molecule has 0 aliphatic heterocycles. The summed E-state index contributed by atoms with van der Waals surface area (Å²) in [6.07, 6.45) is 0. The van der Waals surface area contributed by atoms with Crippen LogP contribution in [-0.2, 0) is 26.2 Å². The number of carbonyl (C=O) groups is 1. The Kier molecular flexibility index (Phi) is 5.49. The summed E-state index contributed by atoms with van der Waals surface area (Å²) in [5.41, 5.74) is 0.461. The van der Waals surface area contributed by atoms with Gasteiger partial charge in [-0.1, -0.05) is 6.07 Å². The highest BCUT2D eigenvalue weighted by atomic mass is 32.2. The quantitative estimate of drug-likeness (QED) is 0.601. The largest absolute Gasteiger partial charge is 0.461 e. The van der Waals surface area contributed by atoms with E-state index >= 15 is 0 Å². The number of thiophene rings is 1. The number of anilines is 1. The third-order valence-corrected chi connectivity index (χ3v) is 6.47. The Labute approximate surface area is 159 Å². The Bertz CT molecular complexity index is 1070. The van der Waals surface area contributed by atoms with Gasteiger partial charge in [-0.3, -0.25) is 4.72 Å². The molecule has 144 valence electrons. The average molecular weight is 412 g/mol. The van der Waals surface area contributed by atoms with E-state index < -0.39 is 21.8 Å². The first kappa shape index (κ1) is 19.3. The maximum Gasteiger partial charge on any atom is 0.355 e. The first-order chi connectivity index (χ1) is 12.9. The van der Waals surface area contributed by atoms with Crippen molar-refractivity contribution in [2.24, 2.45) is 0 Å². The summed E-state index contributed by atoms with van der Waals surface area (Å²) >= 11 is 1.04. The van der Waals surface area contributed by atoms with Crippen molar-refractivity contribution in [3.05, 3.63) is 47.2 Å². The average Bonchev–Trinajstić information content (AvgIpc) is 3.24. The smallest absolute Gasteiger partial charge is 0.355 e. The molecule has 0 aliphatic rings. The maximum absolute atomic E-state index is 14.1. The minimum atomic E-state index is -3.90. The van der Waals surface area contributed by atoms with Gasteiger partial charge in [-0.05, 0) is 30.5 Å². The lowest BCUT2D eigenvalue weighted by atomic mass is 10.2. The molecular weight excluding hydrogens is 395 g/mol. The zero-order valence-corrected chi connectivity index (χ0v) is 16.2. The Balaban J connectivity index is 2.19. The van der Waals surface area contributed by atoms with E-state index in [1.54, 1.807) is 18.4 Å². The van der Waals surface area contributed by atoms with Crippen molar-refractivity contribution in [2.45, 2.75) is 17.9 Å². The Morgan fingerprint density at radius 2 is 2.11 bits per heavy atom. The van der Waals surface area contributed by atoms with Crippen molar-refractivity contribution in [2.75, 3.05) is 18.4 Å². The van der Waals surface area contributed by atoms with Gasteiger partial charge in [-0.25, -0.2) is 17.6 Å². The second-order valence-electron chi connectivity index (χ2n) is 5.52. The highest BCUT2D eigenvalue weighted by Gasteiger charge is 2.23. The number of halogens is 1. The molecule has 27 heavy (non-hydrogen) atoms. The van der Waals surface area contributed by atoms with Crippen LogP contribution in [0.5, 0.6) is 0 Å². The molecule has 0 radical (unpaired) electrons. The van der Waals surface area contributed by atoms with Crippen LogP contribution in [-0.4, -0.2) is 32.7 Å². The number of fused-ring (bicyclic) bond motifs is 1. The molecule has 0 atom stereocenters. The van der Waals surface area contributed by atoms with Crippen LogP contribution in [0.3, 0.4) is 0 Å². The third kappa shape index (κ3) is 3.82. The van der Waals surface area contributed by atoms with Crippen LogP contribution in [0, 0.1) is 5.82 Å². The van der Waals surface area contributed by atoms with E-state index in [1.165, 1.54) is 29.9 Å². The molecule has 10 heteroatoms. The zero-order valence-electron chi connectivity index (χ0n) is 14.6. The van der Waals surface area contributed by atoms with Crippen LogP contribution < -0.4 is 4.72 Å². The molecule has 0 saturated heterocycles. The van der Waals surface area contributed by atoms with Gasteiger partial charge in [0.15, 0.2) is 0 Å². The van der Waals surface area contributed by atoms with Crippen LogP contribution in [0.2, 0.25) is 0 Å². The van der Waals surface area contributed by atoms with Crippen LogP contribution in [0.1, 0.15) is 17.4 Å². The molecular formula is C17H17FN2O5S2. The highest BCUT2D eigenvalue weighted by Crippen LogP contribution is 2.31. The fraction of sp³-hybridized carbons (Fsp3) is 0.235. The van der Waals surface area contributed by atoms with Gasteiger partial charge >= 0.3 is 5.97 Å². The van der Waals surface area contributed by atoms with Crippen molar-refractivity contribution < 1.29 is 27.1 Å². The molecule has 0 fully saturated rings. The molecule has 3 rings (SSSR count). The Morgan fingerprint density at radius 1 is 1.33 bits per heavy atom. The van der Waals surface area contributed by atoms with Gasteiger partial charge in [0.1, 0.15) is 22.5 Å². The summed E-state index contributed by atoms with van der Waals surface area (Å²) in [6, 6.07) is 6.77. The van der Waals surface area contributed by atoms with E-state index in [0.717, 1.165) is 17.4 Å². The van der Waals surface area contributed by atoms with Gasteiger partial charge < -0.3 is 14.0 Å². The number of methoxy groups -OCH3 is 1. The summed E-state index contributed by atoms with van der Waals surface area (Å²) in [5.74, 6) is -1.26. The molecule has 2 heterocycles. The van der Waals surface area contributed by atoms with Crippen molar-refractivity contribution in [1.82, 2.24) is 4.57 Å². The molecule has 0 aliphatic carbocycles. The molecule has 1 N–H and O–H groups in total. The third-order valence-electron chi connectivity index (χ3n) is 3.70. The number of hydrogen-bond acceptors (Lipinski definition) is 6. The SMILES string of the molecule is CCOC(=O)c1cc2cc(F)cc(NS(=O)(=O)c3cccs3)c2n1COC. The molecule has 0 unspecified atom stereocenters. The summed E-state index contributed by atoms with van der Waals surface area (Å²) in [7, 11) is -2.47. The first-order valence-corrected chi connectivity index (χ1v) is 10.3. The molecule has 0 bridgehead atoms. The number of aromatic nitrogens is 1. The number of sulfonamides is 1. The minimum Gasteiger partial charge on any atom is -0.461 e. The van der Waals surface area contributed by atoms with Crippen molar-refractivity contribution in [1.29, 1.82) is 0 Å². The number of rotatable bonds is 7. The fourth-order valence-corrected chi connectivity index (χ4v) is 4.75. The van der Waals surface area contributed by atoms with Gasteiger partial charge in [-0.2, -0.15) is 0 Å². The minimum absolute atomic E-state index is 0.00555. The number of carbonyl (C=O) groups excluding carboxylic acids is 1. The number of nitrogens with zero attached hydrogens (tertiary/aromatic N) is 1. The van der Waals surface area contributed by atoms with Crippen LogP contribution in [0.4, 0.5) is 10.1 Å². The molecule has 3 aromatic rings. The van der Waals surface area contributed by atoms with E-state index in [4.69, 9.17) is 9.47 Å². The van der Waals surface area contributed by atoms with Crippen LogP contribution in [0.15, 0.2) is 39.9 Å². The number of ether oxygens (including phenoxy) is 2. The van der Waals surface area contributed by atoms with E-state index in [0.29, 0.717) is 10.9 Å². The van der Waals surface area contributed by atoms with Crippen molar-refractivity contribution >= 4 is 43.9 Å². The van der Waals surface area contributed by atoms with E-state index in [1.807, 2.05) is 0 Å². The molecule has 2 aromatic heterocycles. The predicted molar refractivity (Wildman–Crippen MR) is 100.0 cm³/mol.